The van der Waals surface area contributed by atoms with Gasteiger partial charge in [-0.15, -0.1) is 6.58 Å². The Balaban J connectivity index is 1.63. The number of benzene rings is 2. The van der Waals surface area contributed by atoms with Crippen LogP contribution in [-0.4, -0.2) is 54.2 Å². The molecule has 30 heavy (non-hydrogen) atoms. The van der Waals surface area contributed by atoms with Gasteiger partial charge >= 0.3 is 0 Å². The van der Waals surface area contributed by atoms with Crippen molar-refractivity contribution in [2.75, 3.05) is 26.3 Å². The molecule has 2 aromatic rings. The van der Waals surface area contributed by atoms with Crippen molar-refractivity contribution in [2.24, 2.45) is 5.16 Å². The van der Waals surface area contributed by atoms with Gasteiger partial charge in [0.15, 0.2) is 0 Å². The maximum absolute atomic E-state index is 13.6. The number of oxime groups is 1. The average molecular weight is 413 g/mol. The van der Waals surface area contributed by atoms with Crippen LogP contribution >= 0.6 is 0 Å². The van der Waals surface area contributed by atoms with Gasteiger partial charge in [-0.2, -0.15) is 0 Å². The summed E-state index contributed by atoms with van der Waals surface area (Å²) in [6, 6.07) is 14.6. The lowest BCUT2D eigenvalue weighted by Gasteiger charge is -2.27. The minimum atomic E-state index is -0.670. The molecule has 0 aromatic heterocycles. The minimum Gasteiger partial charge on any atom is -0.390 e. The summed E-state index contributed by atoms with van der Waals surface area (Å²) < 4.78 is 19.0. The van der Waals surface area contributed by atoms with Gasteiger partial charge in [0.1, 0.15) is 11.9 Å². The maximum Gasteiger partial charge on any atom is 0.145 e. The third-order valence-corrected chi connectivity index (χ3v) is 4.96. The summed E-state index contributed by atoms with van der Waals surface area (Å²) in [4.78, 5) is 7.75. The number of aliphatic hydroxyl groups is 1. The molecule has 0 radical (unpaired) electrons. The van der Waals surface area contributed by atoms with E-state index in [-0.39, 0.29) is 18.5 Å². The van der Waals surface area contributed by atoms with Crippen LogP contribution in [-0.2, 0) is 16.1 Å². The first-order valence-electron chi connectivity index (χ1n) is 10.2. The predicted molar refractivity (Wildman–Crippen MR) is 116 cm³/mol. The topological polar surface area (TPSA) is 54.3 Å². The van der Waals surface area contributed by atoms with Gasteiger partial charge in [0.25, 0.3) is 0 Å². The highest BCUT2D eigenvalue weighted by atomic mass is 19.1. The quantitative estimate of drug-likeness (QED) is 0.452. The van der Waals surface area contributed by atoms with Gasteiger partial charge in [-0.05, 0) is 30.2 Å². The first-order valence-corrected chi connectivity index (χ1v) is 10.2. The van der Waals surface area contributed by atoms with Crippen LogP contribution in [0.1, 0.15) is 23.1 Å². The van der Waals surface area contributed by atoms with Gasteiger partial charge in [-0.3, -0.25) is 4.90 Å². The second-order valence-electron chi connectivity index (χ2n) is 7.59. The molecule has 0 unspecified atom stereocenters. The average Bonchev–Trinajstić information content (AvgIpc) is 3.16. The zero-order chi connectivity index (χ0) is 21.3. The molecule has 1 aliphatic rings. The molecule has 0 aliphatic carbocycles. The summed E-state index contributed by atoms with van der Waals surface area (Å²) in [5.41, 5.74) is 4.02. The number of nitrogens with zero attached hydrogens (tertiary/aromatic N) is 2. The smallest absolute Gasteiger partial charge is 0.145 e. The van der Waals surface area contributed by atoms with Crippen molar-refractivity contribution in [3.05, 3.63) is 83.7 Å². The molecule has 1 N–H and O–H groups in total. The Hall–Kier alpha value is -2.54. The van der Waals surface area contributed by atoms with E-state index in [0.717, 1.165) is 22.4 Å². The predicted octanol–water partition coefficient (Wildman–Crippen LogP) is 3.69. The molecule has 6 heteroatoms. The van der Waals surface area contributed by atoms with Crippen molar-refractivity contribution in [1.82, 2.24) is 4.90 Å². The summed E-state index contributed by atoms with van der Waals surface area (Å²) in [6.45, 7) is 7.71. The van der Waals surface area contributed by atoms with Crippen molar-refractivity contribution in [2.45, 2.75) is 32.1 Å². The van der Waals surface area contributed by atoms with Crippen LogP contribution in [0, 0.1) is 12.7 Å². The summed E-state index contributed by atoms with van der Waals surface area (Å²) in [7, 11) is 0. The lowest BCUT2D eigenvalue weighted by atomic mass is 10.00. The van der Waals surface area contributed by atoms with Crippen LogP contribution in [0.5, 0.6) is 0 Å². The molecule has 0 saturated carbocycles. The fourth-order valence-electron chi connectivity index (χ4n) is 3.61. The highest BCUT2D eigenvalue weighted by molar-refractivity contribution is 6.02. The Bertz CT molecular complexity index is 871. The Labute approximate surface area is 177 Å². The number of aryl methyl sites for hydroxylation is 1. The van der Waals surface area contributed by atoms with E-state index in [2.05, 4.69) is 29.6 Å². The molecule has 0 spiro atoms. The van der Waals surface area contributed by atoms with E-state index in [1.165, 1.54) is 12.1 Å². The van der Waals surface area contributed by atoms with Gasteiger partial charge < -0.3 is 14.7 Å². The molecule has 2 aromatic carbocycles. The Morgan fingerprint density at radius 1 is 1.33 bits per heavy atom. The molecule has 2 atom stereocenters. The van der Waals surface area contributed by atoms with Crippen molar-refractivity contribution in [3.8, 4) is 0 Å². The zero-order valence-electron chi connectivity index (χ0n) is 17.3. The summed E-state index contributed by atoms with van der Waals surface area (Å²) in [6.07, 6.45) is 1.54. The van der Waals surface area contributed by atoms with E-state index in [9.17, 15) is 9.50 Å². The van der Waals surface area contributed by atoms with Gasteiger partial charge in [-0.25, -0.2) is 4.39 Å². The summed E-state index contributed by atoms with van der Waals surface area (Å²) in [5.74, 6) is -0.274. The second-order valence-corrected chi connectivity index (χ2v) is 7.59. The van der Waals surface area contributed by atoms with Crippen molar-refractivity contribution < 1.29 is 19.1 Å². The fourth-order valence-corrected chi connectivity index (χ4v) is 3.61. The van der Waals surface area contributed by atoms with Crippen molar-refractivity contribution in [3.63, 3.8) is 0 Å². The lowest BCUT2D eigenvalue weighted by Crippen LogP contribution is -2.39. The monoisotopic (exact) mass is 412 g/mol. The summed E-state index contributed by atoms with van der Waals surface area (Å²) >= 11 is 0. The molecule has 0 saturated heterocycles. The molecular weight excluding hydrogens is 383 g/mol. The lowest BCUT2D eigenvalue weighted by molar-refractivity contribution is 0.00334. The van der Waals surface area contributed by atoms with E-state index in [1.54, 1.807) is 12.1 Å². The van der Waals surface area contributed by atoms with E-state index < -0.39 is 6.10 Å². The van der Waals surface area contributed by atoms with Crippen molar-refractivity contribution in [1.29, 1.82) is 0 Å². The molecule has 160 valence electrons. The largest absolute Gasteiger partial charge is 0.390 e. The van der Waals surface area contributed by atoms with Gasteiger partial charge in [-0.1, -0.05) is 47.6 Å². The number of hydrogen-bond donors (Lipinski definition) is 1. The number of rotatable bonds is 11. The highest BCUT2D eigenvalue weighted by Gasteiger charge is 2.26. The summed E-state index contributed by atoms with van der Waals surface area (Å²) in [5, 5.41) is 14.7. The zero-order valence-corrected chi connectivity index (χ0v) is 17.3. The van der Waals surface area contributed by atoms with Crippen molar-refractivity contribution >= 4 is 5.71 Å². The Morgan fingerprint density at radius 2 is 2.17 bits per heavy atom. The Morgan fingerprint density at radius 3 is 2.93 bits per heavy atom. The third kappa shape index (κ3) is 6.49. The molecule has 5 nitrogen and oxygen atoms in total. The van der Waals surface area contributed by atoms with Crippen LogP contribution in [0.25, 0.3) is 0 Å². The molecule has 0 fully saturated rings. The first-order chi connectivity index (χ1) is 14.5. The fraction of sp³-hybridized carbons (Fsp3) is 0.375. The number of aliphatic hydroxyl groups excluding tert-OH is 1. The van der Waals surface area contributed by atoms with E-state index >= 15 is 0 Å². The molecule has 1 aliphatic heterocycles. The van der Waals surface area contributed by atoms with E-state index in [0.29, 0.717) is 32.7 Å². The number of halogens is 1. The maximum atomic E-state index is 13.6. The Kier molecular flexibility index (Phi) is 8.13. The molecular formula is C24H29FN2O3. The normalized spacial score (nSPS) is 16.9. The molecule has 1 heterocycles. The van der Waals surface area contributed by atoms with E-state index in [4.69, 9.17) is 9.57 Å². The molecule has 0 amide bonds. The number of hydrogen-bond acceptors (Lipinski definition) is 5. The molecule has 0 bridgehead atoms. The van der Waals surface area contributed by atoms with Crippen LogP contribution in [0.4, 0.5) is 4.39 Å². The van der Waals surface area contributed by atoms with Gasteiger partial charge in [0.05, 0.1) is 25.0 Å². The van der Waals surface area contributed by atoms with E-state index in [1.807, 2.05) is 24.3 Å². The SMILES string of the molecule is C=CCOC[C@H](O)CN(Cc1cccc(F)c1)C[C@@H]1CC(c2ccccc2C)=NO1. The first kappa shape index (κ1) is 22.2. The van der Waals surface area contributed by atoms with Crippen LogP contribution in [0.15, 0.2) is 66.3 Å². The highest BCUT2D eigenvalue weighted by Crippen LogP contribution is 2.21. The van der Waals surface area contributed by atoms with Crippen LogP contribution in [0.2, 0.25) is 0 Å². The van der Waals surface area contributed by atoms with Crippen LogP contribution in [0.3, 0.4) is 0 Å². The van der Waals surface area contributed by atoms with Gasteiger partial charge in [0, 0.05) is 31.6 Å². The molecule has 3 rings (SSSR count). The number of ether oxygens (including phenoxy) is 1. The minimum absolute atomic E-state index is 0.130. The second kappa shape index (κ2) is 11.0. The standard InChI is InChI=1S/C24H29FN2O3/c1-3-11-29-17-21(28)15-27(14-19-8-6-9-20(25)12-19)16-22-13-24(26-30-22)23-10-5-4-7-18(23)2/h3-10,12,21-22,28H,1,11,13-17H2,2H3/t21-,22+/m1/s1. The third-order valence-electron chi connectivity index (χ3n) is 4.96. The van der Waals surface area contributed by atoms with Crippen LogP contribution < -0.4 is 0 Å². The van der Waals surface area contributed by atoms with Gasteiger partial charge in [0.2, 0.25) is 0 Å².